The van der Waals surface area contributed by atoms with Crippen molar-refractivity contribution in [3.63, 3.8) is 0 Å². The van der Waals surface area contributed by atoms with Gasteiger partial charge in [-0.05, 0) is 91.3 Å². The average Bonchev–Trinajstić information content (AvgIpc) is 2.94. The molecule has 6 heteroatoms. The minimum Gasteiger partial charge on any atom is -0.391 e. The van der Waals surface area contributed by atoms with E-state index in [1.807, 2.05) is 0 Å². The van der Waals surface area contributed by atoms with Gasteiger partial charge in [-0.15, -0.1) is 0 Å². The molecule has 2 aliphatic rings. The van der Waals surface area contributed by atoms with Crippen LogP contribution >= 0.6 is 0 Å². The average molecular weight is 484 g/mol. The standard InChI is InChI=1S/C28H35F3N2O/c1-3-22-17-24(11-12-25(22)18-33-14-7-15-33)20(2)32-34-19-21-10-13-26(23-8-5-4-6-9-23)27(16-21)28(29,30)31/h10-13,16-17,23H,3-9,14-15,18-19H2,1-2H3/b32-20+/i2D3,7D,14D2,15D2,19D2,23D. The number of halogens is 3. The summed E-state index contributed by atoms with van der Waals surface area (Å²) in [6, 6.07) is 6.99. The van der Waals surface area contributed by atoms with E-state index in [9.17, 15) is 13.2 Å². The van der Waals surface area contributed by atoms with Crippen LogP contribution < -0.4 is 0 Å². The lowest BCUT2D eigenvalue weighted by Gasteiger charge is -2.31. The molecule has 3 nitrogen and oxygen atoms in total. The predicted molar refractivity (Wildman–Crippen MR) is 130 cm³/mol. The first kappa shape index (κ1) is 14.3. The Bertz CT molecular complexity index is 1420. The predicted octanol–water partition coefficient (Wildman–Crippen LogP) is 7.46. The van der Waals surface area contributed by atoms with E-state index >= 15 is 0 Å². The van der Waals surface area contributed by atoms with Crippen molar-refractivity contribution < 1.29 is 33.1 Å². The first-order chi connectivity index (χ1) is 20.6. The molecular formula is C28H35F3N2O. The van der Waals surface area contributed by atoms with Crippen molar-refractivity contribution in [3.8, 4) is 0 Å². The zero-order valence-electron chi connectivity index (χ0n) is 29.9. The third kappa shape index (κ3) is 6.01. The van der Waals surface area contributed by atoms with Crippen molar-refractivity contribution in [2.45, 2.75) is 83.9 Å². The third-order valence-corrected chi connectivity index (χ3v) is 6.09. The topological polar surface area (TPSA) is 24.8 Å². The molecule has 0 radical (unpaired) electrons. The van der Waals surface area contributed by atoms with Gasteiger partial charge in [-0.2, -0.15) is 13.2 Å². The van der Waals surface area contributed by atoms with Crippen LogP contribution in [0, 0.1) is 0 Å². The first-order valence-corrected chi connectivity index (χ1v) is 11.4. The van der Waals surface area contributed by atoms with Crippen LogP contribution in [0.15, 0.2) is 41.6 Å². The highest BCUT2D eigenvalue weighted by Crippen LogP contribution is 2.41. The number of oxime groups is 1. The summed E-state index contributed by atoms with van der Waals surface area (Å²) in [6.45, 7) is -8.82. The molecule has 0 bridgehead atoms. The lowest BCUT2D eigenvalue weighted by Crippen LogP contribution is -2.36. The molecule has 0 unspecified atom stereocenters. The van der Waals surface area contributed by atoms with Gasteiger partial charge in [0, 0.05) is 18.9 Å². The summed E-state index contributed by atoms with van der Waals surface area (Å²) in [4.78, 5) is 5.92. The van der Waals surface area contributed by atoms with Gasteiger partial charge >= 0.3 is 6.18 Å². The molecule has 2 aromatic rings. The molecule has 0 N–H and O–H groups in total. The monoisotopic (exact) mass is 483 g/mol. The molecule has 184 valence electrons. The van der Waals surface area contributed by atoms with Crippen molar-refractivity contribution in [2.24, 2.45) is 5.16 Å². The summed E-state index contributed by atoms with van der Waals surface area (Å²) in [6.07, 6.45) is -3.65. The summed E-state index contributed by atoms with van der Waals surface area (Å²) in [7, 11) is 0. The molecule has 2 fully saturated rings. The van der Waals surface area contributed by atoms with Gasteiger partial charge < -0.3 is 4.84 Å². The van der Waals surface area contributed by atoms with Gasteiger partial charge in [0.1, 0.15) is 6.56 Å². The fraction of sp³-hybridized carbons (Fsp3) is 0.536. The maximum Gasteiger partial charge on any atom is 0.416 e. The molecule has 0 spiro atoms. The van der Waals surface area contributed by atoms with Crippen LogP contribution in [0.2, 0.25) is 0 Å². The van der Waals surface area contributed by atoms with Crippen molar-refractivity contribution >= 4 is 5.71 Å². The van der Waals surface area contributed by atoms with Gasteiger partial charge in [0.15, 0.2) is 0 Å². The Morgan fingerprint density at radius 1 is 1.18 bits per heavy atom. The molecule has 0 amide bonds. The number of benzene rings is 2. The van der Waals surface area contributed by atoms with Crippen LogP contribution in [0.4, 0.5) is 13.2 Å². The van der Waals surface area contributed by atoms with E-state index in [0.717, 1.165) is 23.5 Å². The Labute approximate surface area is 216 Å². The summed E-state index contributed by atoms with van der Waals surface area (Å²) >= 11 is 0. The second-order valence-electron chi connectivity index (χ2n) is 8.38. The highest BCUT2D eigenvalue weighted by molar-refractivity contribution is 5.98. The van der Waals surface area contributed by atoms with Crippen molar-refractivity contribution in [1.82, 2.24) is 4.90 Å². The number of aryl methyl sites for hydroxylation is 1. The van der Waals surface area contributed by atoms with Gasteiger partial charge in [0.05, 0.1) is 14.0 Å². The van der Waals surface area contributed by atoms with Gasteiger partial charge in [0.2, 0.25) is 0 Å². The fourth-order valence-electron chi connectivity index (χ4n) is 4.25. The number of hydrogen-bond donors (Lipinski definition) is 0. The number of hydrogen-bond acceptors (Lipinski definition) is 3. The largest absolute Gasteiger partial charge is 0.416 e. The van der Waals surface area contributed by atoms with E-state index in [1.165, 1.54) is 18.2 Å². The fourth-order valence-corrected chi connectivity index (χ4v) is 4.25. The Morgan fingerprint density at radius 2 is 1.97 bits per heavy atom. The summed E-state index contributed by atoms with van der Waals surface area (Å²) in [5.41, 5.74) is -1.63. The quantitative estimate of drug-likeness (QED) is 0.287. The molecule has 1 saturated carbocycles. The van der Waals surface area contributed by atoms with E-state index in [2.05, 4.69) is 5.16 Å². The molecule has 34 heavy (non-hydrogen) atoms. The molecule has 4 rings (SSSR count). The minimum atomic E-state index is -4.88. The number of rotatable bonds is 8. The summed E-state index contributed by atoms with van der Waals surface area (Å²) in [5.74, 6) is -1.46. The molecule has 0 atom stereocenters. The van der Waals surface area contributed by atoms with Gasteiger partial charge in [-0.25, -0.2) is 0 Å². The lowest BCUT2D eigenvalue weighted by atomic mass is 9.81. The van der Waals surface area contributed by atoms with Gasteiger partial charge in [-0.3, -0.25) is 4.90 Å². The zero-order valence-corrected chi connectivity index (χ0v) is 18.9. The van der Waals surface area contributed by atoms with Crippen molar-refractivity contribution in [1.29, 1.82) is 0 Å². The molecule has 1 aliphatic heterocycles. The van der Waals surface area contributed by atoms with Crippen LogP contribution in [0.1, 0.15) is 107 Å². The highest BCUT2D eigenvalue weighted by Gasteiger charge is 2.35. The Hall–Kier alpha value is -2.34. The SMILES string of the molecule is [2H]C1C([2H])([2H])N(Cc2ccc(/C(=N/OC([2H])([2H])c3ccc(C4([2H])CCCCC4)c(C(F)(F)F)c3)C([2H])([2H])[2H])cc2CC)C1([2H])[2H]. The van der Waals surface area contributed by atoms with E-state index in [0.29, 0.717) is 36.5 Å². The molecule has 1 saturated heterocycles. The maximum absolute atomic E-state index is 14.1. The second kappa shape index (κ2) is 10.9. The Balaban J connectivity index is 1.66. The van der Waals surface area contributed by atoms with Crippen LogP contribution in [-0.2, 0) is 30.5 Å². The molecule has 1 heterocycles. The lowest BCUT2D eigenvalue weighted by molar-refractivity contribution is -0.138. The van der Waals surface area contributed by atoms with E-state index in [4.69, 9.17) is 19.9 Å². The molecule has 1 aliphatic carbocycles. The number of nitrogens with zero attached hydrogens (tertiary/aromatic N) is 2. The van der Waals surface area contributed by atoms with Gasteiger partial charge in [-0.1, -0.05) is 55.6 Å². The minimum absolute atomic E-state index is 0.000766. The van der Waals surface area contributed by atoms with E-state index < -0.39 is 61.7 Å². The van der Waals surface area contributed by atoms with Crippen LogP contribution in [-0.4, -0.2) is 23.6 Å². The maximum atomic E-state index is 14.1. The summed E-state index contributed by atoms with van der Waals surface area (Å²) < 4.78 is 132. The zero-order chi connectivity index (χ0) is 33.8. The van der Waals surface area contributed by atoms with Crippen LogP contribution in [0.5, 0.6) is 0 Å². The first-order valence-electron chi connectivity index (χ1n) is 16.9. The number of likely N-dealkylation sites (tertiary alicyclic amines) is 1. The van der Waals surface area contributed by atoms with Crippen LogP contribution in [0.3, 0.4) is 0 Å². The van der Waals surface area contributed by atoms with E-state index in [1.54, 1.807) is 6.92 Å². The highest BCUT2D eigenvalue weighted by atomic mass is 19.4. The van der Waals surface area contributed by atoms with Crippen molar-refractivity contribution in [2.75, 3.05) is 13.0 Å². The molecular weight excluding hydrogens is 437 g/mol. The molecule has 2 aromatic carbocycles. The Kier molecular flexibility index (Phi) is 4.59. The normalized spacial score (nSPS) is 28.1. The van der Waals surface area contributed by atoms with Gasteiger partial charge in [0.25, 0.3) is 0 Å². The van der Waals surface area contributed by atoms with E-state index in [-0.39, 0.29) is 30.5 Å². The number of alkyl halides is 3. The Morgan fingerprint density at radius 3 is 2.68 bits per heavy atom. The van der Waals surface area contributed by atoms with Crippen molar-refractivity contribution in [3.05, 3.63) is 69.8 Å². The smallest absolute Gasteiger partial charge is 0.391 e. The second-order valence-corrected chi connectivity index (χ2v) is 8.38. The summed E-state index contributed by atoms with van der Waals surface area (Å²) in [5, 5.41) is 3.59. The van der Waals surface area contributed by atoms with Crippen LogP contribution in [0.25, 0.3) is 0 Å². The third-order valence-electron chi connectivity index (χ3n) is 6.09. The molecule has 0 aromatic heterocycles.